The van der Waals surface area contributed by atoms with E-state index in [0.29, 0.717) is 13.0 Å². The third-order valence-electron chi connectivity index (χ3n) is 4.54. The molecule has 0 radical (unpaired) electrons. The van der Waals surface area contributed by atoms with Gasteiger partial charge in [-0.3, -0.25) is 9.59 Å². The molecular formula is C17H22N2O2. The van der Waals surface area contributed by atoms with E-state index in [2.05, 4.69) is 5.32 Å². The molecule has 1 N–H and O–H groups in total. The van der Waals surface area contributed by atoms with Gasteiger partial charge in [0.2, 0.25) is 11.8 Å². The van der Waals surface area contributed by atoms with Crippen molar-refractivity contribution in [3.8, 4) is 0 Å². The number of nitrogens with zero attached hydrogens (tertiary/aromatic N) is 1. The maximum atomic E-state index is 12.2. The van der Waals surface area contributed by atoms with Crippen LogP contribution in [0, 0.1) is 12.8 Å². The van der Waals surface area contributed by atoms with Crippen LogP contribution in [0.15, 0.2) is 24.3 Å². The van der Waals surface area contributed by atoms with Gasteiger partial charge in [0, 0.05) is 24.6 Å². The van der Waals surface area contributed by atoms with Crippen LogP contribution in [0.4, 0.5) is 5.69 Å². The number of aryl methyl sites for hydroxylation is 1. The van der Waals surface area contributed by atoms with E-state index in [4.69, 9.17) is 0 Å². The molecule has 0 bridgehead atoms. The molecule has 2 fully saturated rings. The Bertz CT molecular complexity index is 532. The first-order valence-electron chi connectivity index (χ1n) is 7.81. The fourth-order valence-corrected chi connectivity index (χ4v) is 3.29. The molecule has 1 saturated heterocycles. The molecular weight excluding hydrogens is 264 g/mol. The molecule has 4 heteroatoms. The van der Waals surface area contributed by atoms with Gasteiger partial charge < -0.3 is 10.2 Å². The molecule has 3 rings (SSSR count). The minimum atomic E-state index is -0.0492. The van der Waals surface area contributed by atoms with Crippen LogP contribution < -0.4 is 10.2 Å². The summed E-state index contributed by atoms with van der Waals surface area (Å²) in [5.41, 5.74) is 2.10. The van der Waals surface area contributed by atoms with Gasteiger partial charge in [-0.05, 0) is 31.9 Å². The number of amides is 2. The van der Waals surface area contributed by atoms with Gasteiger partial charge in [-0.1, -0.05) is 30.5 Å². The predicted octanol–water partition coefficient (Wildman–Crippen LogP) is 2.41. The van der Waals surface area contributed by atoms with Crippen LogP contribution in [0.25, 0.3) is 0 Å². The van der Waals surface area contributed by atoms with Crippen molar-refractivity contribution >= 4 is 17.5 Å². The Kier molecular flexibility index (Phi) is 3.95. The molecule has 2 aliphatic rings. The molecule has 1 aliphatic carbocycles. The topological polar surface area (TPSA) is 49.4 Å². The van der Waals surface area contributed by atoms with E-state index >= 15 is 0 Å². The number of rotatable bonds is 3. The van der Waals surface area contributed by atoms with E-state index in [1.807, 2.05) is 31.2 Å². The normalized spacial score (nSPS) is 22.8. The summed E-state index contributed by atoms with van der Waals surface area (Å²) in [5, 5.41) is 3.06. The average Bonchev–Trinajstić information content (AvgIpc) is 3.10. The second-order valence-electron chi connectivity index (χ2n) is 6.23. The molecule has 1 aliphatic heterocycles. The minimum absolute atomic E-state index is 0.0492. The fourth-order valence-electron chi connectivity index (χ4n) is 3.29. The fraction of sp³-hybridized carbons (Fsp3) is 0.529. The van der Waals surface area contributed by atoms with Gasteiger partial charge in [0.05, 0.1) is 6.04 Å². The quantitative estimate of drug-likeness (QED) is 0.927. The number of anilines is 1. The average molecular weight is 286 g/mol. The number of hydrogen-bond acceptors (Lipinski definition) is 2. The van der Waals surface area contributed by atoms with Crippen LogP contribution in [-0.4, -0.2) is 24.4 Å². The first-order valence-corrected chi connectivity index (χ1v) is 7.81. The van der Waals surface area contributed by atoms with Gasteiger partial charge in [0.15, 0.2) is 0 Å². The molecule has 21 heavy (non-hydrogen) atoms. The van der Waals surface area contributed by atoms with Gasteiger partial charge in [-0.25, -0.2) is 0 Å². The van der Waals surface area contributed by atoms with E-state index in [9.17, 15) is 9.59 Å². The molecule has 1 aromatic carbocycles. The van der Waals surface area contributed by atoms with Gasteiger partial charge in [-0.15, -0.1) is 0 Å². The Labute approximate surface area is 125 Å². The zero-order valence-corrected chi connectivity index (χ0v) is 12.5. The van der Waals surface area contributed by atoms with Crippen LogP contribution >= 0.6 is 0 Å². The van der Waals surface area contributed by atoms with Crippen molar-refractivity contribution in [3.05, 3.63) is 29.8 Å². The van der Waals surface area contributed by atoms with E-state index in [1.54, 1.807) is 4.90 Å². The van der Waals surface area contributed by atoms with Crippen LogP contribution in [0.2, 0.25) is 0 Å². The van der Waals surface area contributed by atoms with Crippen LogP contribution in [0.1, 0.15) is 37.7 Å². The number of hydrogen-bond donors (Lipinski definition) is 1. The molecule has 112 valence electrons. The summed E-state index contributed by atoms with van der Waals surface area (Å²) in [6, 6.07) is 7.90. The maximum absolute atomic E-state index is 12.2. The summed E-state index contributed by atoms with van der Waals surface area (Å²) >= 11 is 0. The predicted molar refractivity (Wildman–Crippen MR) is 82.0 cm³/mol. The Hall–Kier alpha value is -1.84. The second-order valence-corrected chi connectivity index (χ2v) is 6.23. The highest BCUT2D eigenvalue weighted by Gasteiger charge is 2.33. The Balaban J connectivity index is 1.61. The molecule has 0 aromatic heterocycles. The first kappa shape index (κ1) is 14.1. The summed E-state index contributed by atoms with van der Waals surface area (Å²) in [7, 11) is 0. The van der Waals surface area contributed by atoms with Gasteiger partial charge >= 0.3 is 0 Å². The van der Waals surface area contributed by atoms with Crippen molar-refractivity contribution in [2.45, 2.75) is 45.1 Å². The Morgan fingerprint density at radius 2 is 1.86 bits per heavy atom. The smallest absolute Gasteiger partial charge is 0.229 e. The summed E-state index contributed by atoms with van der Waals surface area (Å²) in [5.74, 6) is 0.389. The van der Waals surface area contributed by atoms with E-state index in [0.717, 1.165) is 31.4 Å². The van der Waals surface area contributed by atoms with E-state index < -0.39 is 0 Å². The van der Waals surface area contributed by atoms with Crippen LogP contribution in [-0.2, 0) is 9.59 Å². The standard InChI is InChI=1S/C17H22N2O2/c1-12-6-8-15(9-7-12)19-11-14(10-16(19)20)18-17(21)13-4-2-3-5-13/h6-9,13-14H,2-5,10-11H2,1H3,(H,18,21)/t14-/m0/s1. The summed E-state index contributed by atoms with van der Waals surface area (Å²) < 4.78 is 0. The minimum Gasteiger partial charge on any atom is -0.351 e. The van der Waals surface area contributed by atoms with Crippen molar-refractivity contribution in [2.75, 3.05) is 11.4 Å². The number of nitrogens with one attached hydrogen (secondary N) is 1. The Morgan fingerprint density at radius 1 is 1.19 bits per heavy atom. The molecule has 1 atom stereocenters. The zero-order valence-electron chi connectivity index (χ0n) is 12.5. The highest BCUT2D eigenvalue weighted by molar-refractivity contribution is 5.97. The highest BCUT2D eigenvalue weighted by Crippen LogP contribution is 2.26. The molecule has 0 unspecified atom stereocenters. The lowest BCUT2D eigenvalue weighted by Gasteiger charge is -2.18. The van der Waals surface area contributed by atoms with Crippen LogP contribution in [0.5, 0.6) is 0 Å². The van der Waals surface area contributed by atoms with Gasteiger partial charge in [0.1, 0.15) is 0 Å². The van der Waals surface area contributed by atoms with Gasteiger partial charge in [-0.2, -0.15) is 0 Å². The molecule has 1 heterocycles. The second kappa shape index (κ2) is 5.88. The molecule has 4 nitrogen and oxygen atoms in total. The SMILES string of the molecule is Cc1ccc(N2C[C@@H](NC(=O)C3CCCC3)CC2=O)cc1. The summed E-state index contributed by atoms with van der Waals surface area (Å²) in [4.78, 5) is 26.1. The third-order valence-corrected chi connectivity index (χ3v) is 4.54. The molecule has 1 aromatic rings. The highest BCUT2D eigenvalue weighted by atomic mass is 16.2. The van der Waals surface area contributed by atoms with Crippen LogP contribution in [0.3, 0.4) is 0 Å². The lowest BCUT2D eigenvalue weighted by Crippen LogP contribution is -2.40. The molecule has 0 spiro atoms. The monoisotopic (exact) mass is 286 g/mol. The van der Waals surface area contributed by atoms with Gasteiger partial charge in [0.25, 0.3) is 0 Å². The summed E-state index contributed by atoms with van der Waals surface area (Å²) in [6.45, 7) is 2.61. The van der Waals surface area contributed by atoms with Crippen molar-refractivity contribution in [3.63, 3.8) is 0 Å². The van der Waals surface area contributed by atoms with E-state index in [1.165, 1.54) is 5.56 Å². The van der Waals surface area contributed by atoms with Crippen molar-refractivity contribution < 1.29 is 9.59 Å². The molecule has 1 saturated carbocycles. The lowest BCUT2D eigenvalue weighted by atomic mass is 10.1. The van der Waals surface area contributed by atoms with Crippen molar-refractivity contribution in [1.29, 1.82) is 0 Å². The van der Waals surface area contributed by atoms with Crippen molar-refractivity contribution in [1.82, 2.24) is 5.32 Å². The third kappa shape index (κ3) is 3.09. The maximum Gasteiger partial charge on any atom is 0.229 e. The lowest BCUT2D eigenvalue weighted by molar-refractivity contribution is -0.125. The number of carbonyl (C=O) groups is 2. The zero-order chi connectivity index (χ0) is 14.8. The van der Waals surface area contributed by atoms with Crippen molar-refractivity contribution in [2.24, 2.45) is 5.92 Å². The largest absolute Gasteiger partial charge is 0.351 e. The van der Waals surface area contributed by atoms with E-state index in [-0.39, 0.29) is 23.8 Å². The first-order chi connectivity index (χ1) is 10.1. The summed E-state index contributed by atoms with van der Waals surface area (Å²) in [6.07, 6.45) is 4.70. The Morgan fingerprint density at radius 3 is 2.52 bits per heavy atom. The number of benzene rings is 1. The molecule has 2 amide bonds. The number of carbonyl (C=O) groups excluding carboxylic acids is 2.